The maximum atomic E-state index is 12.9. The third kappa shape index (κ3) is 5.28. The maximum absolute atomic E-state index is 12.9. The van der Waals surface area contributed by atoms with E-state index >= 15 is 0 Å². The summed E-state index contributed by atoms with van der Waals surface area (Å²) in [6.45, 7) is 9.73. The van der Waals surface area contributed by atoms with E-state index in [-0.39, 0.29) is 29.7 Å². The van der Waals surface area contributed by atoms with Crippen LogP contribution in [0.2, 0.25) is 0 Å². The molecule has 0 bridgehead atoms. The van der Waals surface area contributed by atoms with Crippen molar-refractivity contribution in [3.05, 3.63) is 10.6 Å². The van der Waals surface area contributed by atoms with Gasteiger partial charge in [-0.15, -0.1) is 0 Å². The number of fused-ring (bicyclic) bond motifs is 1. The summed E-state index contributed by atoms with van der Waals surface area (Å²) in [5.41, 5.74) is 1.48. The Balaban J connectivity index is 1.30. The second kappa shape index (κ2) is 11.0. The van der Waals surface area contributed by atoms with Gasteiger partial charge < -0.3 is 19.7 Å². The van der Waals surface area contributed by atoms with E-state index in [0.29, 0.717) is 36.5 Å². The molecule has 1 amide bonds. The van der Waals surface area contributed by atoms with Gasteiger partial charge >= 0.3 is 5.76 Å². The number of carbonyl (C=O) groups is 1. The van der Waals surface area contributed by atoms with Gasteiger partial charge in [0.25, 0.3) is 0 Å². The number of piperazine rings is 1. The van der Waals surface area contributed by atoms with Crippen LogP contribution < -0.4 is 16.0 Å². The molecule has 0 unspecified atom stereocenters. The molecule has 3 aliphatic carbocycles. The summed E-state index contributed by atoms with van der Waals surface area (Å²) in [6.07, 6.45) is 10.6. The monoisotopic (exact) mass is 577 g/mol. The van der Waals surface area contributed by atoms with Gasteiger partial charge in [0.15, 0.2) is 11.5 Å². The number of aromatic amines is 1. The van der Waals surface area contributed by atoms with Crippen molar-refractivity contribution in [2.45, 2.75) is 97.2 Å². The minimum absolute atomic E-state index is 0.119. The standard InChI is InChI=1S/C30H43N9O3/c1-17-7-9-20(10-8-17)16-39-23-24(31-19(3)21-5-4-6-21)32-26(27-35-30(41)42-36-27)33-25(23)34-29(39)38-14-13-37(15-18(38)2)28(40)22-11-12-22/h17-22H,4-16H2,1-3H3,(H,31,32,33)(H,35,36,41)/t17-,18-,19-,20-/m1/s1. The molecule has 4 fully saturated rings. The maximum Gasteiger partial charge on any atom is 0.439 e. The Morgan fingerprint density at radius 1 is 1.05 bits per heavy atom. The quantitative estimate of drug-likeness (QED) is 0.406. The molecule has 226 valence electrons. The van der Waals surface area contributed by atoms with E-state index in [9.17, 15) is 9.59 Å². The topological polar surface area (TPSA) is 138 Å². The first-order valence-corrected chi connectivity index (χ1v) is 16.0. The van der Waals surface area contributed by atoms with Gasteiger partial charge in [-0.2, -0.15) is 4.98 Å². The zero-order valence-corrected chi connectivity index (χ0v) is 25.0. The molecule has 4 aliphatic rings. The molecule has 3 saturated carbocycles. The minimum atomic E-state index is -0.642. The first-order chi connectivity index (χ1) is 20.3. The third-order valence-electron chi connectivity index (χ3n) is 10.2. The molecule has 2 atom stereocenters. The second-order valence-corrected chi connectivity index (χ2v) is 13.4. The molecule has 0 spiro atoms. The molecule has 1 saturated heterocycles. The van der Waals surface area contributed by atoms with Gasteiger partial charge in [0, 0.05) is 44.2 Å². The number of nitrogens with one attached hydrogen (secondary N) is 2. The lowest BCUT2D eigenvalue weighted by Gasteiger charge is -2.41. The number of hydrogen-bond donors (Lipinski definition) is 2. The van der Waals surface area contributed by atoms with Crippen LogP contribution in [0.15, 0.2) is 9.32 Å². The fourth-order valence-electron chi connectivity index (χ4n) is 7.04. The number of anilines is 2. The molecular formula is C30H43N9O3. The molecule has 0 radical (unpaired) electrons. The summed E-state index contributed by atoms with van der Waals surface area (Å²) in [7, 11) is 0. The summed E-state index contributed by atoms with van der Waals surface area (Å²) in [5.74, 6) is 3.89. The molecule has 2 N–H and O–H groups in total. The van der Waals surface area contributed by atoms with Crippen LogP contribution in [0, 0.1) is 23.7 Å². The average molecular weight is 578 g/mol. The predicted octanol–water partition coefficient (Wildman–Crippen LogP) is 4.04. The Morgan fingerprint density at radius 3 is 2.48 bits per heavy atom. The van der Waals surface area contributed by atoms with E-state index in [2.05, 4.69) is 45.7 Å². The Hall–Kier alpha value is -3.44. The van der Waals surface area contributed by atoms with Gasteiger partial charge in [-0.3, -0.25) is 14.3 Å². The largest absolute Gasteiger partial charge is 0.439 e. The smallest absolute Gasteiger partial charge is 0.365 e. The molecule has 1 aliphatic heterocycles. The minimum Gasteiger partial charge on any atom is -0.365 e. The van der Waals surface area contributed by atoms with E-state index in [4.69, 9.17) is 19.5 Å². The van der Waals surface area contributed by atoms with Crippen molar-refractivity contribution in [1.29, 1.82) is 0 Å². The lowest BCUT2D eigenvalue weighted by molar-refractivity contribution is -0.133. The number of aromatic nitrogens is 6. The van der Waals surface area contributed by atoms with E-state index in [1.54, 1.807) is 0 Å². The molecule has 3 aromatic rings. The molecule has 7 rings (SSSR count). The Labute approximate surface area is 245 Å². The van der Waals surface area contributed by atoms with Crippen LogP contribution in [-0.2, 0) is 11.3 Å². The van der Waals surface area contributed by atoms with Crippen LogP contribution in [-0.4, -0.2) is 72.2 Å². The van der Waals surface area contributed by atoms with E-state index in [1.807, 2.05) is 4.90 Å². The number of rotatable bonds is 8. The van der Waals surface area contributed by atoms with Gasteiger partial charge in [-0.1, -0.05) is 31.3 Å². The number of hydrogen-bond acceptors (Lipinski definition) is 9. The van der Waals surface area contributed by atoms with E-state index in [1.165, 1.54) is 44.9 Å². The fourth-order valence-corrected chi connectivity index (χ4v) is 7.04. The van der Waals surface area contributed by atoms with Crippen molar-refractivity contribution >= 4 is 28.8 Å². The normalized spacial score (nSPS) is 25.9. The summed E-state index contributed by atoms with van der Waals surface area (Å²) in [4.78, 5) is 46.6. The number of amides is 1. The van der Waals surface area contributed by atoms with Crippen LogP contribution in [0.3, 0.4) is 0 Å². The van der Waals surface area contributed by atoms with Crippen LogP contribution in [0.4, 0.5) is 11.8 Å². The number of H-pyrrole nitrogens is 1. The van der Waals surface area contributed by atoms with Crippen LogP contribution >= 0.6 is 0 Å². The first-order valence-electron chi connectivity index (χ1n) is 16.0. The highest BCUT2D eigenvalue weighted by Gasteiger charge is 2.38. The molecule has 12 heteroatoms. The lowest BCUT2D eigenvalue weighted by Crippen LogP contribution is -2.54. The molecule has 4 heterocycles. The second-order valence-electron chi connectivity index (χ2n) is 13.4. The molecule has 42 heavy (non-hydrogen) atoms. The highest BCUT2D eigenvalue weighted by molar-refractivity contribution is 5.88. The van der Waals surface area contributed by atoms with Crippen molar-refractivity contribution < 1.29 is 9.32 Å². The Morgan fingerprint density at radius 2 is 1.83 bits per heavy atom. The number of nitrogens with zero attached hydrogens (tertiary/aromatic N) is 7. The molecule has 12 nitrogen and oxygen atoms in total. The van der Waals surface area contributed by atoms with E-state index in [0.717, 1.165) is 49.1 Å². The van der Waals surface area contributed by atoms with Crippen molar-refractivity contribution in [1.82, 2.24) is 34.6 Å². The van der Waals surface area contributed by atoms with Gasteiger partial charge in [-0.05, 0) is 70.1 Å². The predicted molar refractivity (Wildman–Crippen MR) is 159 cm³/mol. The van der Waals surface area contributed by atoms with Crippen molar-refractivity contribution in [3.8, 4) is 11.6 Å². The molecular weight excluding hydrogens is 534 g/mol. The van der Waals surface area contributed by atoms with Crippen LogP contribution in [0.5, 0.6) is 0 Å². The summed E-state index contributed by atoms with van der Waals surface area (Å²) >= 11 is 0. The Kier molecular flexibility index (Phi) is 7.17. The summed E-state index contributed by atoms with van der Waals surface area (Å²) in [5, 5.41) is 7.60. The number of imidazole rings is 1. The SMILES string of the molecule is C[C@@H]1CN(C(=O)C2CC2)CCN1c1nc2nc(-c3noc(=O)[nH]3)nc(N[C@H](C)C3CCC3)c2n1C[C@H]1CC[C@H](C)CC1. The summed E-state index contributed by atoms with van der Waals surface area (Å²) in [6, 6.07) is 0.354. The van der Waals surface area contributed by atoms with Gasteiger partial charge in [0.2, 0.25) is 23.5 Å². The van der Waals surface area contributed by atoms with Gasteiger partial charge in [-0.25, -0.2) is 14.8 Å². The average Bonchev–Trinajstić information content (AvgIpc) is 3.60. The van der Waals surface area contributed by atoms with Gasteiger partial charge in [0.1, 0.15) is 5.52 Å². The zero-order valence-electron chi connectivity index (χ0n) is 25.0. The van der Waals surface area contributed by atoms with Crippen molar-refractivity contribution in [2.75, 3.05) is 29.9 Å². The molecule has 3 aromatic heterocycles. The van der Waals surface area contributed by atoms with E-state index < -0.39 is 5.76 Å². The first kappa shape index (κ1) is 27.4. The van der Waals surface area contributed by atoms with Crippen molar-refractivity contribution in [3.63, 3.8) is 0 Å². The number of carbonyl (C=O) groups excluding carboxylic acids is 1. The zero-order chi connectivity index (χ0) is 29.0. The highest BCUT2D eigenvalue weighted by Crippen LogP contribution is 2.37. The third-order valence-corrected chi connectivity index (χ3v) is 10.2. The van der Waals surface area contributed by atoms with Crippen LogP contribution in [0.25, 0.3) is 22.8 Å². The molecule has 0 aromatic carbocycles. The van der Waals surface area contributed by atoms with Gasteiger partial charge in [0.05, 0.1) is 0 Å². The highest BCUT2D eigenvalue weighted by atomic mass is 16.5. The lowest BCUT2D eigenvalue weighted by atomic mass is 9.80. The fraction of sp³-hybridized carbons (Fsp3) is 0.733. The summed E-state index contributed by atoms with van der Waals surface area (Å²) < 4.78 is 7.13. The Bertz CT molecular complexity index is 1500. The van der Waals surface area contributed by atoms with Crippen molar-refractivity contribution in [2.24, 2.45) is 23.7 Å². The van der Waals surface area contributed by atoms with Crippen LogP contribution in [0.1, 0.15) is 78.6 Å².